The SMILES string of the molecule is CC(C)=C[CH2][Ru][c]1cc(C)[nH]c1C. The molecule has 13 heavy (non-hydrogen) atoms. The molecule has 1 rings (SSSR count). The van der Waals surface area contributed by atoms with Gasteiger partial charge in [0.2, 0.25) is 0 Å². The number of nitrogens with one attached hydrogen (secondary N) is 1. The minimum absolute atomic E-state index is 0.361. The van der Waals surface area contributed by atoms with Gasteiger partial charge in [-0.2, -0.15) is 0 Å². The number of aryl methyl sites for hydroxylation is 2. The van der Waals surface area contributed by atoms with Gasteiger partial charge < -0.3 is 0 Å². The minimum atomic E-state index is 0.361. The summed E-state index contributed by atoms with van der Waals surface area (Å²) in [6.45, 7) is 8.61. The van der Waals surface area contributed by atoms with Gasteiger partial charge in [-0.05, 0) is 0 Å². The number of hydrogen-bond acceptors (Lipinski definition) is 0. The second-order valence-electron chi connectivity index (χ2n) is 3.46. The van der Waals surface area contributed by atoms with Crippen molar-refractivity contribution in [3.8, 4) is 0 Å². The topological polar surface area (TPSA) is 15.8 Å². The van der Waals surface area contributed by atoms with Gasteiger partial charge in [0.05, 0.1) is 0 Å². The van der Waals surface area contributed by atoms with Crippen LogP contribution in [0.5, 0.6) is 0 Å². The van der Waals surface area contributed by atoms with E-state index in [4.69, 9.17) is 0 Å². The molecule has 0 unspecified atom stereocenters. The Kier molecular flexibility index (Phi) is 3.93. The third-order valence-electron chi connectivity index (χ3n) is 1.76. The average Bonchev–Trinajstić information content (AvgIpc) is 2.29. The van der Waals surface area contributed by atoms with Crippen molar-refractivity contribution < 1.29 is 17.1 Å². The molecule has 0 aliphatic heterocycles. The molecule has 0 saturated carbocycles. The molecule has 0 amide bonds. The molecule has 1 N–H and O–H groups in total. The van der Waals surface area contributed by atoms with E-state index in [1.807, 2.05) is 0 Å². The molecule has 1 aromatic heterocycles. The zero-order chi connectivity index (χ0) is 9.84. The van der Waals surface area contributed by atoms with E-state index in [1.165, 1.54) is 22.0 Å². The maximum atomic E-state index is 3.35. The summed E-state index contributed by atoms with van der Waals surface area (Å²) in [4.78, 5) is 3.35. The van der Waals surface area contributed by atoms with Crippen molar-refractivity contribution in [1.82, 2.24) is 4.98 Å². The summed E-state index contributed by atoms with van der Waals surface area (Å²) in [5.41, 5.74) is 4.08. The van der Waals surface area contributed by atoms with Gasteiger partial charge in [-0.25, -0.2) is 0 Å². The summed E-state index contributed by atoms with van der Waals surface area (Å²) in [6.07, 6.45) is 2.33. The Morgan fingerprint density at radius 2 is 2.15 bits per heavy atom. The standard InChI is InChI=1S/C6H8N.C5H9.Ru/c1-5-3-4-6(2)7-5;1-4-5(2)3;/h3,7H,1-2H3;4H,1H2,2-3H3;. The van der Waals surface area contributed by atoms with Crippen LogP contribution in [-0.2, 0) is 17.1 Å². The summed E-state index contributed by atoms with van der Waals surface area (Å²) in [5.74, 6) is 0. The second-order valence-corrected chi connectivity index (χ2v) is 5.72. The molecule has 74 valence electrons. The first kappa shape index (κ1) is 10.7. The molecule has 1 heterocycles. The second kappa shape index (κ2) is 4.76. The third kappa shape index (κ3) is 3.48. The molecule has 0 aliphatic rings. The van der Waals surface area contributed by atoms with E-state index >= 15 is 0 Å². The van der Waals surface area contributed by atoms with Crippen LogP contribution in [0.3, 0.4) is 0 Å². The molecule has 0 atom stereocenters. The van der Waals surface area contributed by atoms with Crippen LogP contribution in [0.15, 0.2) is 17.7 Å². The summed E-state index contributed by atoms with van der Waals surface area (Å²) in [6, 6.07) is 2.28. The Hall–Kier alpha value is -0.357. The Bertz CT molecular complexity index is 306. The van der Waals surface area contributed by atoms with Crippen molar-refractivity contribution in [2.75, 3.05) is 0 Å². The average molecular weight is 264 g/mol. The Balaban J connectivity index is 2.54. The molecule has 0 aromatic carbocycles. The fraction of sp³-hybridized carbons (Fsp3) is 0.455. The van der Waals surface area contributed by atoms with Crippen LogP contribution in [0.25, 0.3) is 0 Å². The summed E-state index contributed by atoms with van der Waals surface area (Å²) < 4.78 is 1.54. The zero-order valence-corrected chi connectivity index (χ0v) is 10.5. The van der Waals surface area contributed by atoms with Crippen LogP contribution in [-0.4, -0.2) is 4.98 Å². The van der Waals surface area contributed by atoms with Crippen molar-refractivity contribution >= 4 is 4.16 Å². The van der Waals surface area contributed by atoms with E-state index in [-0.39, 0.29) is 0 Å². The van der Waals surface area contributed by atoms with E-state index in [0.717, 1.165) is 0 Å². The molecule has 1 nitrogen and oxygen atoms in total. The maximum absolute atomic E-state index is 3.35. The van der Waals surface area contributed by atoms with Crippen LogP contribution in [0.1, 0.15) is 25.2 Å². The Morgan fingerprint density at radius 3 is 2.62 bits per heavy atom. The van der Waals surface area contributed by atoms with Gasteiger partial charge in [-0.1, -0.05) is 0 Å². The van der Waals surface area contributed by atoms with Crippen molar-refractivity contribution in [2.45, 2.75) is 32.7 Å². The monoisotopic (exact) mass is 265 g/mol. The number of rotatable bonds is 3. The van der Waals surface area contributed by atoms with Gasteiger partial charge in [-0.3, -0.25) is 0 Å². The van der Waals surface area contributed by atoms with Gasteiger partial charge in [0, 0.05) is 0 Å². The molecular weight excluding hydrogens is 247 g/mol. The van der Waals surface area contributed by atoms with Crippen LogP contribution in [0, 0.1) is 13.8 Å². The normalized spacial score (nSPS) is 10.5. The quantitative estimate of drug-likeness (QED) is 0.638. The Morgan fingerprint density at radius 1 is 1.46 bits per heavy atom. The van der Waals surface area contributed by atoms with Gasteiger partial charge in [0.15, 0.2) is 0 Å². The number of H-pyrrole nitrogens is 1. The Labute approximate surface area is 88.2 Å². The first-order valence-electron chi connectivity index (χ1n) is 4.45. The fourth-order valence-electron chi connectivity index (χ4n) is 1.07. The van der Waals surface area contributed by atoms with E-state index in [1.54, 1.807) is 4.16 Å². The van der Waals surface area contributed by atoms with E-state index in [0.29, 0.717) is 17.1 Å². The molecule has 0 radical (unpaired) electrons. The van der Waals surface area contributed by atoms with Gasteiger partial charge in [-0.15, -0.1) is 0 Å². The van der Waals surface area contributed by atoms with Crippen LogP contribution < -0.4 is 4.16 Å². The molecule has 1 aromatic rings. The number of aromatic nitrogens is 1. The fourth-order valence-corrected chi connectivity index (χ4v) is 3.46. The molecule has 0 spiro atoms. The van der Waals surface area contributed by atoms with Crippen molar-refractivity contribution in [1.29, 1.82) is 0 Å². The van der Waals surface area contributed by atoms with Gasteiger partial charge in [0.25, 0.3) is 0 Å². The first-order valence-corrected chi connectivity index (χ1v) is 6.55. The molecule has 2 heteroatoms. The van der Waals surface area contributed by atoms with Crippen molar-refractivity contribution in [3.63, 3.8) is 0 Å². The predicted octanol–water partition coefficient (Wildman–Crippen LogP) is 2.72. The number of aromatic amines is 1. The molecule has 0 saturated heterocycles. The summed E-state index contributed by atoms with van der Waals surface area (Å²) in [7, 11) is 0. The molecule has 0 fully saturated rings. The van der Waals surface area contributed by atoms with E-state index in [2.05, 4.69) is 44.8 Å². The number of allylic oxidation sites excluding steroid dienone is 2. The van der Waals surface area contributed by atoms with Crippen LogP contribution in [0.2, 0.25) is 5.02 Å². The third-order valence-corrected chi connectivity index (χ3v) is 4.03. The summed E-state index contributed by atoms with van der Waals surface area (Å²) >= 11 is 0.361. The summed E-state index contributed by atoms with van der Waals surface area (Å²) in [5, 5.41) is 1.24. The van der Waals surface area contributed by atoms with Crippen LogP contribution in [0.4, 0.5) is 0 Å². The van der Waals surface area contributed by atoms with Gasteiger partial charge in [0.1, 0.15) is 0 Å². The van der Waals surface area contributed by atoms with E-state index in [9.17, 15) is 0 Å². The van der Waals surface area contributed by atoms with Crippen molar-refractivity contribution in [2.24, 2.45) is 0 Å². The van der Waals surface area contributed by atoms with E-state index < -0.39 is 0 Å². The predicted molar refractivity (Wildman–Crippen MR) is 54.1 cm³/mol. The molecule has 0 bridgehead atoms. The van der Waals surface area contributed by atoms with Crippen molar-refractivity contribution in [3.05, 3.63) is 29.1 Å². The molecular formula is C11H17NRu. The van der Waals surface area contributed by atoms with Crippen LogP contribution >= 0.6 is 0 Å². The zero-order valence-electron chi connectivity index (χ0n) is 8.72. The molecule has 0 aliphatic carbocycles. The first-order chi connectivity index (χ1) is 6.09. The number of hydrogen-bond donors (Lipinski definition) is 1. The van der Waals surface area contributed by atoms with Gasteiger partial charge >= 0.3 is 88.1 Å².